The number of rotatable bonds is 3. The molecule has 1 fully saturated rings. The van der Waals surface area contributed by atoms with Crippen LogP contribution in [0.4, 0.5) is 0 Å². The SMILES string of the molecule is Cc1cccc(C)c1CNC(=O)C1NCSC1(C)C. The van der Waals surface area contributed by atoms with Crippen LogP contribution in [0.1, 0.15) is 30.5 Å². The van der Waals surface area contributed by atoms with Gasteiger partial charge < -0.3 is 5.32 Å². The highest BCUT2D eigenvalue weighted by atomic mass is 32.2. The molecule has 1 saturated heterocycles. The molecular weight excluding hydrogens is 256 g/mol. The second kappa shape index (κ2) is 5.55. The van der Waals surface area contributed by atoms with Crippen LogP contribution in [0.25, 0.3) is 0 Å². The number of amides is 1. The van der Waals surface area contributed by atoms with Crippen LogP contribution in [-0.4, -0.2) is 22.6 Å². The van der Waals surface area contributed by atoms with Crippen molar-refractivity contribution in [1.82, 2.24) is 10.6 Å². The standard InChI is InChI=1S/C15H22N2OS/c1-10-6-5-7-11(2)12(10)8-16-14(18)13-15(3,4)19-9-17-13/h5-7,13,17H,8-9H2,1-4H3,(H,16,18). The van der Waals surface area contributed by atoms with Crippen molar-refractivity contribution < 1.29 is 4.79 Å². The summed E-state index contributed by atoms with van der Waals surface area (Å²) in [5.41, 5.74) is 3.68. The predicted molar refractivity (Wildman–Crippen MR) is 81.2 cm³/mol. The number of carbonyl (C=O) groups excluding carboxylic acids is 1. The van der Waals surface area contributed by atoms with Crippen molar-refractivity contribution in [2.45, 2.75) is 45.0 Å². The number of nitrogens with one attached hydrogen (secondary N) is 2. The molecule has 1 aliphatic rings. The fourth-order valence-corrected chi connectivity index (χ4v) is 3.43. The van der Waals surface area contributed by atoms with Gasteiger partial charge in [0.25, 0.3) is 0 Å². The average molecular weight is 278 g/mol. The minimum atomic E-state index is -0.109. The quantitative estimate of drug-likeness (QED) is 0.892. The van der Waals surface area contributed by atoms with Gasteiger partial charge in [0.05, 0.1) is 0 Å². The number of hydrogen-bond acceptors (Lipinski definition) is 3. The molecule has 0 spiro atoms. The van der Waals surface area contributed by atoms with Gasteiger partial charge in [-0.2, -0.15) is 0 Å². The Balaban J connectivity index is 2.01. The maximum absolute atomic E-state index is 12.3. The summed E-state index contributed by atoms with van der Waals surface area (Å²) < 4.78 is -0.0368. The molecule has 0 aliphatic carbocycles. The molecule has 0 radical (unpaired) electrons. The molecular formula is C15H22N2OS. The summed E-state index contributed by atoms with van der Waals surface area (Å²) in [5, 5.41) is 6.33. The lowest BCUT2D eigenvalue weighted by Crippen LogP contribution is -2.49. The Hall–Kier alpha value is -1.000. The van der Waals surface area contributed by atoms with Crippen molar-refractivity contribution in [1.29, 1.82) is 0 Å². The maximum atomic E-state index is 12.3. The average Bonchev–Trinajstić information content (AvgIpc) is 2.68. The number of aryl methyl sites for hydroxylation is 2. The van der Waals surface area contributed by atoms with Crippen LogP contribution < -0.4 is 10.6 Å². The zero-order valence-corrected chi connectivity index (χ0v) is 12.9. The van der Waals surface area contributed by atoms with Crippen molar-refractivity contribution in [2.75, 3.05) is 5.88 Å². The third kappa shape index (κ3) is 3.12. The monoisotopic (exact) mass is 278 g/mol. The largest absolute Gasteiger partial charge is 0.351 e. The van der Waals surface area contributed by atoms with Gasteiger partial charge in [-0.05, 0) is 44.4 Å². The summed E-state index contributed by atoms with van der Waals surface area (Å²) in [6, 6.07) is 6.11. The first-order valence-corrected chi connectivity index (χ1v) is 7.60. The number of hydrogen-bond donors (Lipinski definition) is 2. The Morgan fingerprint density at radius 3 is 2.58 bits per heavy atom. The summed E-state index contributed by atoms with van der Waals surface area (Å²) in [6.07, 6.45) is 0. The number of thioether (sulfide) groups is 1. The Morgan fingerprint density at radius 2 is 2.05 bits per heavy atom. The van der Waals surface area contributed by atoms with Crippen molar-refractivity contribution >= 4 is 17.7 Å². The van der Waals surface area contributed by atoms with Gasteiger partial charge in [0.15, 0.2) is 0 Å². The molecule has 3 nitrogen and oxygen atoms in total. The molecule has 1 aromatic rings. The van der Waals surface area contributed by atoms with E-state index in [9.17, 15) is 4.79 Å². The zero-order valence-electron chi connectivity index (χ0n) is 12.0. The van der Waals surface area contributed by atoms with E-state index < -0.39 is 0 Å². The van der Waals surface area contributed by atoms with E-state index >= 15 is 0 Å². The molecule has 1 amide bonds. The molecule has 4 heteroatoms. The molecule has 104 valence electrons. The van der Waals surface area contributed by atoms with Crippen LogP contribution in [0.15, 0.2) is 18.2 Å². The van der Waals surface area contributed by atoms with Crippen molar-refractivity contribution in [2.24, 2.45) is 0 Å². The lowest BCUT2D eigenvalue weighted by Gasteiger charge is -2.24. The van der Waals surface area contributed by atoms with Gasteiger partial charge in [-0.3, -0.25) is 10.1 Å². The normalized spacial score (nSPS) is 21.4. The minimum absolute atomic E-state index is 0.0368. The summed E-state index contributed by atoms with van der Waals surface area (Å²) in [4.78, 5) is 12.3. The topological polar surface area (TPSA) is 41.1 Å². The molecule has 1 atom stereocenters. The van der Waals surface area contributed by atoms with Gasteiger partial charge in [0, 0.05) is 17.2 Å². The summed E-state index contributed by atoms with van der Waals surface area (Å²) in [7, 11) is 0. The second-order valence-corrected chi connectivity index (χ2v) is 7.25. The first-order valence-electron chi connectivity index (χ1n) is 6.62. The van der Waals surface area contributed by atoms with E-state index in [2.05, 4.69) is 50.5 Å². The summed E-state index contributed by atoms with van der Waals surface area (Å²) in [6.45, 7) is 9.00. The van der Waals surface area contributed by atoms with Gasteiger partial charge in [-0.1, -0.05) is 18.2 Å². The van der Waals surface area contributed by atoms with E-state index in [1.807, 2.05) is 6.07 Å². The third-order valence-electron chi connectivity index (χ3n) is 3.77. The van der Waals surface area contributed by atoms with Gasteiger partial charge in [0.1, 0.15) is 6.04 Å². The van der Waals surface area contributed by atoms with E-state index in [-0.39, 0.29) is 16.7 Å². The molecule has 2 N–H and O–H groups in total. The highest BCUT2D eigenvalue weighted by Crippen LogP contribution is 2.32. The van der Waals surface area contributed by atoms with E-state index in [0.29, 0.717) is 6.54 Å². The molecule has 1 aromatic carbocycles. The first-order chi connectivity index (χ1) is 8.92. The van der Waals surface area contributed by atoms with Crippen molar-refractivity contribution in [3.05, 3.63) is 34.9 Å². The van der Waals surface area contributed by atoms with Crippen LogP contribution in [0.2, 0.25) is 0 Å². The summed E-state index contributed by atoms with van der Waals surface area (Å²) >= 11 is 1.79. The second-order valence-electron chi connectivity index (χ2n) is 5.62. The molecule has 0 aromatic heterocycles. The lowest BCUT2D eigenvalue weighted by atomic mass is 10.0. The number of benzene rings is 1. The molecule has 0 saturated carbocycles. The molecule has 2 rings (SSSR count). The summed E-state index contributed by atoms with van der Waals surface area (Å²) in [5.74, 6) is 0.937. The Morgan fingerprint density at radius 1 is 1.42 bits per heavy atom. The van der Waals surface area contributed by atoms with Gasteiger partial charge >= 0.3 is 0 Å². The lowest BCUT2D eigenvalue weighted by molar-refractivity contribution is -0.123. The van der Waals surface area contributed by atoms with Gasteiger partial charge in [-0.25, -0.2) is 0 Å². The minimum Gasteiger partial charge on any atom is -0.351 e. The number of carbonyl (C=O) groups is 1. The Labute approximate surface area is 119 Å². The van der Waals surface area contributed by atoms with E-state index in [4.69, 9.17) is 0 Å². The molecule has 1 unspecified atom stereocenters. The molecule has 1 aliphatic heterocycles. The first kappa shape index (κ1) is 14.4. The maximum Gasteiger partial charge on any atom is 0.238 e. The van der Waals surface area contributed by atoms with E-state index in [0.717, 1.165) is 5.88 Å². The van der Waals surface area contributed by atoms with Crippen LogP contribution in [0.3, 0.4) is 0 Å². The van der Waals surface area contributed by atoms with E-state index in [1.165, 1.54) is 16.7 Å². The van der Waals surface area contributed by atoms with Gasteiger partial charge in [0.2, 0.25) is 5.91 Å². The molecule has 19 heavy (non-hydrogen) atoms. The van der Waals surface area contributed by atoms with Crippen LogP contribution in [0.5, 0.6) is 0 Å². The highest BCUT2D eigenvalue weighted by Gasteiger charge is 2.39. The fraction of sp³-hybridized carbons (Fsp3) is 0.533. The van der Waals surface area contributed by atoms with Crippen molar-refractivity contribution in [3.63, 3.8) is 0 Å². The van der Waals surface area contributed by atoms with Crippen molar-refractivity contribution in [3.8, 4) is 0 Å². The van der Waals surface area contributed by atoms with Crippen LogP contribution in [-0.2, 0) is 11.3 Å². The van der Waals surface area contributed by atoms with Gasteiger partial charge in [-0.15, -0.1) is 11.8 Å². The zero-order chi connectivity index (χ0) is 14.0. The third-order valence-corrected chi connectivity index (χ3v) is 5.06. The highest BCUT2D eigenvalue weighted by molar-refractivity contribution is 8.00. The fourth-order valence-electron chi connectivity index (χ4n) is 2.45. The van der Waals surface area contributed by atoms with E-state index in [1.54, 1.807) is 11.8 Å². The van der Waals surface area contributed by atoms with Crippen LogP contribution >= 0.6 is 11.8 Å². The Bertz CT molecular complexity index is 465. The Kier molecular flexibility index (Phi) is 4.21. The van der Waals surface area contributed by atoms with Crippen LogP contribution in [0, 0.1) is 13.8 Å². The molecule has 0 bridgehead atoms. The smallest absolute Gasteiger partial charge is 0.238 e. The predicted octanol–water partition coefficient (Wildman–Crippen LogP) is 2.36. The molecule has 1 heterocycles.